The van der Waals surface area contributed by atoms with Gasteiger partial charge in [-0.2, -0.15) is 0 Å². The zero-order valence-corrected chi connectivity index (χ0v) is 20.6. The highest BCUT2D eigenvalue weighted by atomic mass is 19.1. The van der Waals surface area contributed by atoms with Gasteiger partial charge in [0.05, 0.1) is 22.9 Å². The molecule has 0 saturated carbocycles. The first kappa shape index (κ1) is 25.3. The van der Waals surface area contributed by atoms with Gasteiger partial charge in [0.1, 0.15) is 12.4 Å². The van der Waals surface area contributed by atoms with Crippen LogP contribution in [0.4, 0.5) is 10.1 Å². The maximum absolute atomic E-state index is 14.0. The first-order valence-electron chi connectivity index (χ1n) is 11.9. The molecule has 36 heavy (non-hydrogen) atoms. The summed E-state index contributed by atoms with van der Waals surface area (Å²) in [6.45, 7) is 4.47. The molecule has 9 nitrogen and oxygen atoms in total. The SMILES string of the molecule is COCC(=O)Nc1cc(C(=O)N(C[C@H]2CCC(=O)N2)C(C)C)c2c(c1)ncn2Cc1ccc(F)cc1. The van der Waals surface area contributed by atoms with E-state index in [2.05, 4.69) is 15.6 Å². The number of methoxy groups -OCH3 is 1. The van der Waals surface area contributed by atoms with Crippen LogP contribution < -0.4 is 10.6 Å². The second kappa shape index (κ2) is 10.9. The Labute approximate surface area is 208 Å². The van der Waals surface area contributed by atoms with E-state index >= 15 is 0 Å². The summed E-state index contributed by atoms with van der Waals surface area (Å²) < 4.78 is 20.2. The molecule has 1 saturated heterocycles. The monoisotopic (exact) mass is 495 g/mol. The van der Waals surface area contributed by atoms with E-state index in [1.807, 2.05) is 18.4 Å². The molecule has 2 heterocycles. The molecule has 1 atom stereocenters. The first-order chi connectivity index (χ1) is 17.2. The van der Waals surface area contributed by atoms with Crippen molar-refractivity contribution in [3.63, 3.8) is 0 Å². The van der Waals surface area contributed by atoms with Crippen molar-refractivity contribution < 1.29 is 23.5 Å². The number of halogens is 1. The molecule has 2 N–H and O–H groups in total. The predicted octanol–water partition coefficient (Wildman–Crippen LogP) is 2.94. The van der Waals surface area contributed by atoms with Crippen molar-refractivity contribution in [1.29, 1.82) is 0 Å². The fourth-order valence-electron chi connectivity index (χ4n) is 4.41. The van der Waals surface area contributed by atoms with Crippen molar-refractivity contribution in [2.75, 3.05) is 25.6 Å². The van der Waals surface area contributed by atoms with Gasteiger partial charge in [-0.05, 0) is 50.1 Å². The minimum absolute atomic E-state index is 0.0150. The topological polar surface area (TPSA) is 106 Å². The Morgan fingerprint density at radius 1 is 1.28 bits per heavy atom. The fraction of sp³-hybridized carbons (Fsp3) is 0.385. The largest absolute Gasteiger partial charge is 0.375 e. The summed E-state index contributed by atoms with van der Waals surface area (Å²) in [5.41, 5.74) is 2.79. The number of nitrogens with one attached hydrogen (secondary N) is 2. The van der Waals surface area contributed by atoms with Crippen LogP contribution in [0, 0.1) is 5.82 Å². The van der Waals surface area contributed by atoms with Gasteiger partial charge in [-0.3, -0.25) is 14.4 Å². The maximum Gasteiger partial charge on any atom is 0.256 e. The minimum atomic E-state index is -0.352. The summed E-state index contributed by atoms with van der Waals surface area (Å²) in [6, 6.07) is 9.25. The highest BCUT2D eigenvalue weighted by Gasteiger charge is 2.29. The molecule has 0 bridgehead atoms. The van der Waals surface area contributed by atoms with Gasteiger partial charge in [0.15, 0.2) is 0 Å². The van der Waals surface area contributed by atoms with Crippen molar-refractivity contribution >= 4 is 34.4 Å². The fourth-order valence-corrected chi connectivity index (χ4v) is 4.41. The molecule has 0 spiro atoms. The number of carbonyl (C=O) groups excluding carboxylic acids is 3. The molecule has 0 radical (unpaired) electrons. The summed E-state index contributed by atoms with van der Waals surface area (Å²) in [5, 5.41) is 5.69. The van der Waals surface area contributed by atoms with Crippen LogP contribution in [0.15, 0.2) is 42.7 Å². The standard InChI is InChI=1S/C26H30FN5O4/c1-16(2)32(13-19-8-9-23(33)29-19)26(35)21-10-20(30-24(34)14-36-3)11-22-25(21)31(15-28-22)12-17-4-6-18(27)7-5-17/h4-7,10-11,15-16,19H,8-9,12-14H2,1-3H3,(H,29,33)(H,30,34)/t19-/m1/s1. The van der Waals surface area contributed by atoms with E-state index in [-0.39, 0.29) is 42.2 Å². The van der Waals surface area contributed by atoms with Gasteiger partial charge < -0.3 is 24.8 Å². The van der Waals surface area contributed by atoms with E-state index in [1.54, 1.807) is 35.5 Å². The van der Waals surface area contributed by atoms with E-state index in [1.165, 1.54) is 19.2 Å². The van der Waals surface area contributed by atoms with Crippen LogP contribution in [0.5, 0.6) is 0 Å². The molecule has 3 amide bonds. The lowest BCUT2D eigenvalue weighted by Crippen LogP contribution is -2.45. The Bertz CT molecular complexity index is 1270. The van der Waals surface area contributed by atoms with Crippen molar-refractivity contribution in [3.8, 4) is 0 Å². The molecule has 1 aromatic heterocycles. The van der Waals surface area contributed by atoms with Crippen LogP contribution >= 0.6 is 0 Å². The highest BCUT2D eigenvalue weighted by molar-refractivity contribution is 6.07. The number of fused-ring (bicyclic) bond motifs is 1. The Hall–Kier alpha value is -3.79. The Kier molecular flexibility index (Phi) is 7.64. The second-order valence-electron chi connectivity index (χ2n) is 9.23. The van der Waals surface area contributed by atoms with Crippen LogP contribution in [-0.2, 0) is 20.9 Å². The number of aromatic nitrogens is 2. The number of ether oxygens (including phenoxy) is 1. The Morgan fingerprint density at radius 2 is 2.03 bits per heavy atom. The van der Waals surface area contributed by atoms with Crippen LogP contribution in [0.2, 0.25) is 0 Å². The average molecular weight is 496 g/mol. The molecular weight excluding hydrogens is 465 g/mol. The summed E-state index contributed by atoms with van der Waals surface area (Å²) in [6.07, 6.45) is 2.74. The highest BCUT2D eigenvalue weighted by Crippen LogP contribution is 2.27. The summed E-state index contributed by atoms with van der Waals surface area (Å²) in [5.74, 6) is -0.929. The van der Waals surface area contributed by atoms with Crippen LogP contribution in [-0.4, -0.2) is 64.5 Å². The van der Waals surface area contributed by atoms with E-state index < -0.39 is 0 Å². The number of imidazole rings is 1. The minimum Gasteiger partial charge on any atom is -0.375 e. The van der Waals surface area contributed by atoms with E-state index in [9.17, 15) is 18.8 Å². The Balaban J connectivity index is 1.75. The van der Waals surface area contributed by atoms with E-state index in [0.717, 1.165) is 5.56 Å². The lowest BCUT2D eigenvalue weighted by atomic mass is 10.1. The number of hydrogen-bond acceptors (Lipinski definition) is 5. The Morgan fingerprint density at radius 3 is 2.67 bits per heavy atom. The molecule has 1 fully saturated rings. The van der Waals surface area contributed by atoms with Crippen LogP contribution in [0.1, 0.15) is 42.6 Å². The number of anilines is 1. The lowest BCUT2D eigenvalue weighted by Gasteiger charge is -2.30. The van der Waals surface area contributed by atoms with Gasteiger partial charge in [0, 0.05) is 44.4 Å². The lowest BCUT2D eigenvalue weighted by molar-refractivity contribution is -0.120. The number of rotatable bonds is 9. The summed E-state index contributed by atoms with van der Waals surface area (Å²) in [4.78, 5) is 44.1. The number of nitrogens with zero attached hydrogens (tertiary/aromatic N) is 3. The molecule has 10 heteroatoms. The molecule has 4 rings (SSSR count). The van der Waals surface area contributed by atoms with Gasteiger partial charge in [0.2, 0.25) is 11.8 Å². The average Bonchev–Trinajstić information content (AvgIpc) is 3.43. The number of amides is 3. The number of benzene rings is 2. The maximum atomic E-state index is 14.0. The number of hydrogen-bond donors (Lipinski definition) is 2. The first-order valence-corrected chi connectivity index (χ1v) is 11.9. The molecule has 3 aromatic rings. The zero-order chi connectivity index (χ0) is 25.8. The third-order valence-corrected chi connectivity index (χ3v) is 6.16. The van der Waals surface area contributed by atoms with Crippen molar-refractivity contribution in [2.24, 2.45) is 0 Å². The van der Waals surface area contributed by atoms with Crippen molar-refractivity contribution in [1.82, 2.24) is 19.8 Å². The van der Waals surface area contributed by atoms with E-state index in [0.29, 0.717) is 48.2 Å². The van der Waals surface area contributed by atoms with Crippen LogP contribution in [0.25, 0.3) is 11.0 Å². The molecule has 190 valence electrons. The van der Waals surface area contributed by atoms with Crippen molar-refractivity contribution in [3.05, 3.63) is 59.7 Å². The molecule has 0 aliphatic carbocycles. The molecular formula is C26H30FN5O4. The van der Waals surface area contributed by atoms with Crippen LogP contribution in [0.3, 0.4) is 0 Å². The quantitative estimate of drug-likeness (QED) is 0.475. The predicted molar refractivity (Wildman–Crippen MR) is 133 cm³/mol. The van der Waals surface area contributed by atoms with E-state index in [4.69, 9.17) is 4.74 Å². The van der Waals surface area contributed by atoms with Gasteiger partial charge in [-0.15, -0.1) is 0 Å². The second-order valence-corrected chi connectivity index (χ2v) is 9.23. The smallest absolute Gasteiger partial charge is 0.256 e. The third kappa shape index (κ3) is 5.71. The van der Waals surface area contributed by atoms with Gasteiger partial charge >= 0.3 is 0 Å². The summed E-state index contributed by atoms with van der Waals surface area (Å²) >= 11 is 0. The van der Waals surface area contributed by atoms with Crippen molar-refractivity contribution in [2.45, 2.75) is 45.3 Å². The third-order valence-electron chi connectivity index (χ3n) is 6.16. The molecule has 1 aliphatic heterocycles. The summed E-state index contributed by atoms with van der Waals surface area (Å²) in [7, 11) is 1.43. The van der Waals surface area contributed by atoms with Gasteiger partial charge in [-0.1, -0.05) is 12.1 Å². The van der Waals surface area contributed by atoms with Gasteiger partial charge in [-0.25, -0.2) is 9.37 Å². The molecule has 0 unspecified atom stereocenters. The van der Waals surface area contributed by atoms with Gasteiger partial charge in [0.25, 0.3) is 5.91 Å². The molecule has 2 aromatic carbocycles. The molecule has 1 aliphatic rings. The normalized spacial score (nSPS) is 15.4. The number of carbonyl (C=O) groups is 3. The zero-order valence-electron chi connectivity index (χ0n) is 20.6.